The Labute approximate surface area is 251 Å². The molecule has 4 rings (SSSR count). The molecule has 14 heteroatoms. The number of halogens is 4. The Morgan fingerprint density at radius 2 is 1.38 bits per heavy atom. The van der Waals surface area contributed by atoms with Crippen LogP contribution in [0.15, 0.2) is 36.4 Å². The lowest BCUT2D eigenvalue weighted by Crippen LogP contribution is -2.19. The Balaban J connectivity index is 0.000000218. The quantitative estimate of drug-likeness (QED) is 0.113. The fourth-order valence-corrected chi connectivity index (χ4v) is 4.77. The summed E-state index contributed by atoms with van der Waals surface area (Å²) in [4.78, 5) is 15.7. The zero-order valence-electron chi connectivity index (χ0n) is 20.9. The Kier molecular flexibility index (Phi) is 14.4. The third-order valence-corrected chi connectivity index (χ3v) is 7.66. The van der Waals surface area contributed by atoms with Gasteiger partial charge in [0.05, 0.1) is 66.2 Å². The van der Waals surface area contributed by atoms with Gasteiger partial charge in [-0.25, -0.2) is 4.89 Å². The van der Waals surface area contributed by atoms with Crippen LogP contribution >= 0.6 is 58.7 Å². The molecule has 0 amide bonds. The average Bonchev–Trinajstić information content (AvgIpc) is 3.63. The summed E-state index contributed by atoms with van der Waals surface area (Å²) in [6.07, 6.45) is 0.209. The molecule has 1 N–H and O–H groups in total. The van der Waals surface area contributed by atoms with Crippen LogP contribution < -0.4 is 0 Å². The predicted molar refractivity (Wildman–Crippen MR) is 148 cm³/mol. The number of carboxylic acid groups (broad SMARTS) is 1. The van der Waals surface area contributed by atoms with Crippen molar-refractivity contribution in [2.24, 2.45) is 0 Å². The minimum atomic E-state index is -0.938. The first-order chi connectivity index (χ1) is 18.8. The first kappa shape index (κ1) is 32.7. The molecule has 2 aliphatic rings. The minimum Gasteiger partial charge on any atom is -0.481 e. The van der Waals surface area contributed by atoms with Gasteiger partial charge in [0, 0.05) is 18.8 Å². The average molecular weight is 646 g/mol. The molecule has 0 saturated carbocycles. The molecule has 2 saturated heterocycles. The van der Waals surface area contributed by atoms with E-state index in [2.05, 4.69) is 9.22 Å². The molecule has 2 aliphatic heterocycles. The molecule has 2 unspecified atom stereocenters. The van der Waals surface area contributed by atoms with Gasteiger partial charge in [0.1, 0.15) is 0 Å². The van der Waals surface area contributed by atoms with E-state index < -0.39 is 18.2 Å². The summed E-state index contributed by atoms with van der Waals surface area (Å²) in [5.41, 5.74) is 1.59. The van der Waals surface area contributed by atoms with E-state index in [9.17, 15) is 9.90 Å². The van der Waals surface area contributed by atoms with Crippen LogP contribution in [0, 0.1) is 0 Å². The molecular weight excluding hydrogens is 618 g/mol. The number of hydrogen-bond donors (Lipinski definition) is 1. The van der Waals surface area contributed by atoms with E-state index in [-0.39, 0.29) is 18.6 Å². The lowest BCUT2D eigenvalue weighted by Gasteiger charge is -2.20. The largest absolute Gasteiger partial charge is 0.481 e. The zero-order chi connectivity index (χ0) is 28.2. The summed E-state index contributed by atoms with van der Waals surface area (Å²) < 4.78 is 31.5. The molecule has 216 valence electrons. The fourth-order valence-electron chi connectivity index (χ4n) is 3.84. The molecule has 0 spiro atoms. The van der Waals surface area contributed by atoms with E-state index in [4.69, 9.17) is 69.5 Å². The van der Waals surface area contributed by atoms with Crippen LogP contribution in [-0.2, 0) is 37.1 Å². The molecule has 9 nitrogen and oxygen atoms in total. The molecule has 2 fully saturated rings. The zero-order valence-corrected chi connectivity index (χ0v) is 24.7. The molecule has 2 aromatic rings. The first-order valence-electron chi connectivity index (χ1n) is 11.9. The highest BCUT2D eigenvalue weighted by molar-refractivity contribution is 7.89. The number of rotatable bonds is 12. The van der Waals surface area contributed by atoms with Crippen LogP contribution in [-0.4, -0.2) is 63.8 Å². The monoisotopic (exact) mass is 644 g/mol. The van der Waals surface area contributed by atoms with Crippen molar-refractivity contribution in [1.29, 1.82) is 0 Å². The van der Waals surface area contributed by atoms with Gasteiger partial charge in [0.25, 0.3) is 0 Å². The molecule has 2 aromatic carbocycles. The smallest absolute Gasteiger partial charge is 0.311 e. The van der Waals surface area contributed by atoms with Crippen molar-refractivity contribution < 1.29 is 42.3 Å². The number of ether oxygens (including phenoxy) is 4. The first-order valence-corrected chi connectivity index (χ1v) is 14.0. The minimum absolute atomic E-state index is 0.0378. The second-order valence-electron chi connectivity index (χ2n) is 8.34. The highest BCUT2D eigenvalue weighted by Crippen LogP contribution is 2.32. The molecule has 0 bridgehead atoms. The molecule has 0 radical (unpaired) electrons. The van der Waals surface area contributed by atoms with E-state index in [1.54, 1.807) is 24.3 Å². The van der Waals surface area contributed by atoms with Gasteiger partial charge in [-0.3, -0.25) is 8.98 Å². The summed E-state index contributed by atoms with van der Waals surface area (Å²) in [7, 11) is 1.41. The highest BCUT2D eigenvalue weighted by atomic mass is 35.5. The second kappa shape index (κ2) is 17.2. The maximum Gasteiger partial charge on any atom is 0.311 e. The number of benzene rings is 2. The molecule has 39 heavy (non-hydrogen) atoms. The van der Waals surface area contributed by atoms with Crippen molar-refractivity contribution in [3.05, 3.63) is 67.6 Å². The number of carboxylic acids is 1. The Morgan fingerprint density at radius 3 is 1.90 bits per heavy atom. The van der Waals surface area contributed by atoms with Crippen LogP contribution in [0.5, 0.6) is 0 Å². The summed E-state index contributed by atoms with van der Waals surface area (Å²) >= 11 is 24.5. The van der Waals surface area contributed by atoms with Gasteiger partial charge in [-0.15, -0.1) is 4.33 Å². The lowest BCUT2D eigenvalue weighted by molar-refractivity contribution is -0.167. The van der Waals surface area contributed by atoms with Gasteiger partial charge in [0.2, 0.25) is 0 Å². The topological polar surface area (TPSA) is 102 Å². The fraction of sp³-hybridized carbons (Fsp3) is 0.480. The van der Waals surface area contributed by atoms with E-state index >= 15 is 0 Å². The normalized spacial score (nSPS) is 17.6. The maximum atomic E-state index is 11.3. The Hall–Kier alpha value is -0.860. The number of hydrogen-bond acceptors (Lipinski definition) is 9. The van der Waals surface area contributed by atoms with Gasteiger partial charge in [0.15, 0.2) is 24.9 Å². The van der Waals surface area contributed by atoms with E-state index in [1.807, 2.05) is 12.1 Å². The molecule has 0 aliphatic carbocycles. The van der Waals surface area contributed by atoms with Gasteiger partial charge in [-0.05, 0) is 35.4 Å². The van der Waals surface area contributed by atoms with Crippen LogP contribution in [0.4, 0.5) is 0 Å². The van der Waals surface area contributed by atoms with Crippen molar-refractivity contribution in [3.63, 3.8) is 0 Å². The summed E-state index contributed by atoms with van der Waals surface area (Å²) in [5.74, 6) is -1.62. The van der Waals surface area contributed by atoms with E-state index in [0.717, 1.165) is 17.9 Å². The molecule has 0 aromatic heterocycles. The summed E-state index contributed by atoms with van der Waals surface area (Å²) in [6.45, 7) is 2.62. The Bertz CT molecular complexity index is 1050. The van der Waals surface area contributed by atoms with Crippen molar-refractivity contribution in [3.8, 4) is 0 Å². The van der Waals surface area contributed by atoms with Crippen LogP contribution in [0.2, 0.25) is 20.1 Å². The Morgan fingerprint density at radius 1 is 0.872 bits per heavy atom. The van der Waals surface area contributed by atoms with Gasteiger partial charge >= 0.3 is 5.97 Å². The van der Waals surface area contributed by atoms with E-state index in [1.165, 1.54) is 7.11 Å². The van der Waals surface area contributed by atoms with Crippen LogP contribution in [0.25, 0.3) is 0 Å². The number of aliphatic carboxylic acids is 1. The van der Waals surface area contributed by atoms with Crippen LogP contribution in [0.3, 0.4) is 0 Å². The lowest BCUT2D eigenvalue weighted by atomic mass is 9.95. The summed E-state index contributed by atoms with van der Waals surface area (Å²) in [5, 5.41) is 11.0. The number of carbonyl (C=O) groups is 1. The third kappa shape index (κ3) is 10.8. The maximum absolute atomic E-state index is 11.3. The standard InChI is InChI=1S/C13H16Cl2O5S.C12H12Cl2O4/c1-16-20-21-19-8-10(7-13-17-4-5-18-13)9-2-3-11(14)12(15)6-9;13-9-2-1-7(5-10(9)14)8(12(15)16)6-11-17-3-4-18-11/h2-3,6,10,13H,4-5,7-8H2,1H3;1-2,5,8,11H,3-4,6H2,(H,15,16). The molecule has 2 heterocycles. The molecular formula is C25H28Cl4O9S. The SMILES string of the molecule is COOSOCC(CC1OCCO1)c1ccc(Cl)c(Cl)c1.O=C(O)C(CC1OCCO1)c1ccc(Cl)c(Cl)c1. The van der Waals surface area contributed by atoms with E-state index in [0.29, 0.717) is 65.1 Å². The van der Waals surface area contributed by atoms with Crippen LogP contribution in [0.1, 0.15) is 35.8 Å². The summed E-state index contributed by atoms with van der Waals surface area (Å²) in [6, 6.07) is 10.3. The van der Waals surface area contributed by atoms with Gasteiger partial charge in [-0.2, -0.15) is 0 Å². The predicted octanol–water partition coefficient (Wildman–Crippen LogP) is 6.92. The molecule has 2 atom stereocenters. The van der Waals surface area contributed by atoms with Gasteiger partial charge < -0.3 is 24.1 Å². The van der Waals surface area contributed by atoms with Crippen molar-refractivity contribution in [2.45, 2.75) is 37.3 Å². The van der Waals surface area contributed by atoms with Crippen molar-refractivity contribution >= 4 is 64.7 Å². The highest BCUT2D eigenvalue weighted by Gasteiger charge is 2.28. The van der Waals surface area contributed by atoms with Gasteiger partial charge in [-0.1, -0.05) is 58.5 Å². The second-order valence-corrected chi connectivity index (χ2v) is 10.5. The van der Waals surface area contributed by atoms with Crippen molar-refractivity contribution in [2.75, 3.05) is 40.1 Å². The third-order valence-electron chi connectivity index (χ3n) is 5.76. The van der Waals surface area contributed by atoms with Crippen molar-refractivity contribution in [1.82, 2.24) is 0 Å².